The molecule has 5 rings (SSSR count). The Bertz CT molecular complexity index is 1490. The van der Waals surface area contributed by atoms with Gasteiger partial charge in [-0.1, -0.05) is 43.7 Å². The van der Waals surface area contributed by atoms with Gasteiger partial charge in [0.2, 0.25) is 0 Å². The lowest BCUT2D eigenvalue weighted by molar-refractivity contribution is 0.0600. The van der Waals surface area contributed by atoms with Crippen LogP contribution in [0.4, 0.5) is 5.00 Å². The van der Waals surface area contributed by atoms with Crippen molar-refractivity contribution in [2.75, 3.05) is 12.4 Å². The minimum Gasteiger partial charge on any atom is -0.465 e. The molecule has 184 valence electrons. The standard InChI is InChI=1S/C30H30N2O3S/c1-5-19-11-13-22-26(15-19)36-29(27(22)30(34)35-4)32-28(33)23-16-25(20-12-10-17(2)18(3)14-20)31-24-9-7-6-8-21(23)24/h6-10,12,14,16,19H,5,11,13,15H2,1-4H3,(H,32,33). The minimum absolute atomic E-state index is 0.255. The molecule has 1 amide bonds. The summed E-state index contributed by atoms with van der Waals surface area (Å²) in [6.07, 6.45) is 3.92. The molecule has 4 aromatic rings. The summed E-state index contributed by atoms with van der Waals surface area (Å²) in [7, 11) is 1.39. The van der Waals surface area contributed by atoms with E-state index in [-0.39, 0.29) is 5.91 Å². The topological polar surface area (TPSA) is 68.3 Å². The van der Waals surface area contributed by atoms with Crippen LogP contribution in [0.2, 0.25) is 0 Å². The van der Waals surface area contributed by atoms with Crippen LogP contribution in [0.25, 0.3) is 22.2 Å². The molecular formula is C30H30N2O3S. The van der Waals surface area contributed by atoms with Gasteiger partial charge in [0.15, 0.2) is 0 Å². The highest BCUT2D eigenvalue weighted by molar-refractivity contribution is 7.17. The van der Waals surface area contributed by atoms with E-state index in [1.807, 2.05) is 36.4 Å². The van der Waals surface area contributed by atoms with Gasteiger partial charge in [-0.3, -0.25) is 4.79 Å². The van der Waals surface area contributed by atoms with E-state index in [2.05, 4.69) is 38.2 Å². The molecule has 0 aliphatic heterocycles. The van der Waals surface area contributed by atoms with Crippen LogP contribution >= 0.6 is 11.3 Å². The normalized spacial score (nSPS) is 14.9. The number of pyridine rings is 1. The first-order valence-electron chi connectivity index (χ1n) is 12.4. The van der Waals surface area contributed by atoms with Gasteiger partial charge in [-0.2, -0.15) is 0 Å². The number of carbonyl (C=O) groups is 2. The van der Waals surface area contributed by atoms with Crippen LogP contribution in [0.5, 0.6) is 0 Å². The van der Waals surface area contributed by atoms with Crippen LogP contribution in [0.1, 0.15) is 62.0 Å². The fraction of sp³-hybridized carbons (Fsp3) is 0.300. The Labute approximate surface area is 215 Å². The van der Waals surface area contributed by atoms with Crippen LogP contribution in [0.15, 0.2) is 48.5 Å². The zero-order valence-electron chi connectivity index (χ0n) is 21.1. The molecule has 2 heterocycles. The number of carbonyl (C=O) groups excluding carboxylic acids is 2. The van der Waals surface area contributed by atoms with Gasteiger partial charge in [-0.15, -0.1) is 11.3 Å². The number of hydrogen-bond acceptors (Lipinski definition) is 5. The Kier molecular flexibility index (Phi) is 6.63. The molecular weight excluding hydrogens is 468 g/mol. The average molecular weight is 499 g/mol. The maximum absolute atomic E-state index is 13.7. The molecule has 1 aliphatic carbocycles. The number of fused-ring (bicyclic) bond motifs is 2. The lowest BCUT2D eigenvalue weighted by Gasteiger charge is -2.20. The third kappa shape index (κ3) is 4.42. The number of anilines is 1. The van der Waals surface area contributed by atoms with Crippen molar-refractivity contribution in [2.24, 2.45) is 5.92 Å². The van der Waals surface area contributed by atoms with Crippen molar-refractivity contribution >= 4 is 39.1 Å². The third-order valence-electron chi connectivity index (χ3n) is 7.32. The van der Waals surface area contributed by atoms with Crippen LogP contribution in [0, 0.1) is 19.8 Å². The monoisotopic (exact) mass is 498 g/mol. The predicted molar refractivity (Wildman–Crippen MR) is 146 cm³/mol. The lowest BCUT2D eigenvalue weighted by Crippen LogP contribution is -2.17. The second-order valence-electron chi connectivity index (χ2n) is 9.54. The molecule has 1 atom stereocenters. The quantitative estimate of drug-likeness (QED) is 0.297. The van der Waals surface area contributed by atoms with Crippen molar-refractivity contribution in [3.63, 3.8) is 0 Å². The molecule has 5 nitrogen and oxygen atoms in total. The van der Waals surface area contributed by atoms with E-state index in [1.54, 1.807) is 0 Å². The van der Waals surface area contributed by atoms with Gasteiger partial charge in [-0.25, -0.2) is 9.78 Å². The summed E-state index contributed by atoms with van der Waals surface area (Å²) in [5, 5.41) is 4.42. The summed E-state index contributed by atoms with van der Waals surface area (Å²) >= 11 is 1.51. The van der Waals surface area contributed by atoms with Gasteiger partial charge < -0.3 is 10.1 Å². The second kappa shape index (κ2) is 9.86. The molecule has 1 unspecified atom stereocenters. The molecule has 36 heavy (non-hydrogen) atoms. The summed E-state index contributed by atoms with van der Waals surface area (Å²) < 4.78 is 5.12. The number of rotatable bonds is 5. The highest BCUT2D eigenvalue weighted by Gasteiger charge is 2.30. The van der Waals surface area contributed by atoms with Gasteiger partial charge in [0.05, 0.1) is 29.4 Å². The number of hydrogen-bond donors (Lipinski definition) is 1. The van der Waals surface area contributed by atoms with Gasteiger partial charge in [0.25, 0.3) is 5.91 Å². The number of methoxy groups -OCH3 is 1. The van der Waals surface area contributed by atoms with Crippen molar-refractivity contribution in [1.82, 2.24) is 4.98 Å². The Balaban J connectivity index is 1.58. The molecule has 0 spiro atoms. The van der Waals surface area contributed by atoms with Gasteiger partial charge in [-0.05, 0) is 73.9 Å². The first kappa shape index (κ1) is 24.2. The fourth-order valence-corrected chi connectivity index (χ4v) is 6.34. The highest BCUT2D eigenvalue weighted by Crippen LogP contribution is 2.41. The van der Waals surface area contributed by atoms with E-state index in [0.29, 0.717) is 22.0 Å². The maximum atomic E-state index is 13.7. The van der Waals surface area contributed by atoms with Crippen molar-refractivity contribution in [2.45, 2.75) is 46.5 Å². The second-order valence-corrected chi connectivity index (χ2v) is 10.6. The smallest absolute Gasteiger partial charge is 0.341 e. The van der Waals surface area contributed by atoms with Gasteiger partial charge in [0.1, 0.15) is 5.00 Å². The minimum atomic E-state index is -0.395. The number of thiophene rings is 1. The van der Waals surface area contributed by atoms with Crippen LogP contribution < -0.4 is 5.32 Å². The van der Waals surface area contributed by atoms with Crippen molar-refractivity contribution < 1.29 is 14.3 Å². The zero-order valence-corrected chi connectivity index (χ0v) is 21.9. The Morgan fingerprint density at radius 1 is 1.11 bits per heavy atom. The predicted octanol–water partition coefficient (Wildman–Crippen LogP) is 7.13. The first-order chi connectivity index (χ1) is 17.4. The van der Waals surface area contributed by atoms with E-state index in [1.165, 1.54) is 34.5 Å². The van der Waals surface area contributed by atoms with E-state index in [0.717, 1.165) is 53.4 Å². The Morgan fingerprint density at radius 2 is 1.92 bits per heavy atom. The highest BCUT2D eigenvalue weighted by atomic mass is 32.1. The van der Waals surface area contributed by atoms with Crippen LogP contribution in [-0.4, -0.2) is 24.0 Å². The maximum Gasteiger partial charge on any atom is 0.341 e. The number of nitrogens with zero attached hydrogens (tertiary/aromatic N) is 1. The van der Waals surface area contributed by atoms with Crippen LogP contribution in [-0.2, 0) is 17.6 Å². The molecule has 0 radical (unpaired) electrons. The van der Waals surface area contributed by atoms with Crippen molar-refractivity contribution in [3.05, 3.63) is 81.2 Å². The summed E-state index contributed by atoms with van der Waals surface area (Å²) in [6, 6.07) is 15.7. The molecule has 2 aromatic carbocycles. The third-order valence-corrected chi connectivity index (χ3v) is 8.49. The van der Waals surface area contributed by atoms with Crippen molar-refractivity contribution in [1.29, 1.82) is 0 Å². The van der Waals surface area contributed by atoms with Gasteiger partial charge in [0, 0.05) is 15.8 Å². The number of aryl methyl sites for hydroxylation is 2. The largest absolute Gasteiger partial charge is 0.465 e. The number of ether oxygens (including phenoxy) is 1. The number of aromatic nitrogens is 1. The summed E-state index contributed by atoms with van der Waals surface area (Å²) in [5.74, 6) is -0.0440. The molecule has 0 saturated carbocycles. The van der Waals surface area contributed by atoms with E-state index < -0.39 is 5.97 Å². The van der Waals surface area contributed by atoms with Crippen molar-refractivity contribution in [3.8, 4) is 11.3 Å². The molecule has 0 bridgehead atoms. The Morgan fingerprint density at radius 3 is 2.67 bits per heavy atom. The van der Waals surface area contributed by atoms with E-state index in [9.17, 15) is 9.59 Å². The summed E-state index contributed by atoms with van der Waals surface area (Å²) in [6.45, 7) is 6.35. The number of benzene rings is 2. The number of amides is 1. The van der Waals surface area contributed by atoms with Gasteiger partial charge >= 0.3 is 5.97 Å². The molecule has 0 fully saturated rings. The zero-order chi connectivity index (χ0) is 25.4. The number of nitrogens with one attached hydrogen (secondary N) is 1. The molecule has 2 aromatic heterocycles. The SMILES string of the molecule is CCC1CCc2c(sc(NC(=O)c3cc(-c4ccc(C)c(C)c4)nc4ccccc34)c2C(=O)OC)C1. The van der Waals surface area contributed by atoms with E-state index in [4.69, 9.17) is 9.72 Å². The number of esters is 1. The summed E-state index contributed by atoms with van der Waals surface area (Å²) in [5.41, 5.74) is 6.91. The van der Waals surface area contributed by atoms with E-state index >= 15 is 0 Å². The average Bonchev–Trinajstić information content (AvgIpc) is 3.25. The number of para-hydroxylation sites is 1. The molecule has 1 aliphatic rings. The Hall–Kier alpha value is -3.51. The molecule has 0 saturated heterocycles. The van der Waals surface area contributed by atoms with Crippen LogP contribution in [0.3, 0.4) is 0 Å². The lowest BCUT2D eigenvalue weighted by atomic mass is 9.85. The fourth-order valence-electron chi connectivity index (χ4n) is 4.99. The molecule has 1 N–H and O–H groups in total. The summed E-state index contributed by atoms with van der Waals surface area (Å²) in [4.78, 5) is 32.5. The molecule has 6 heteroatoms. The first-order valence-corrected chi connectivity index (χ1v) is 13.2.